The van der Waals surface area contributed by atoms with Crippen molar-refractivity contribution in [1.82, 2.24) is 14.9 Å². The van der Waals surface area contributed by atoms with Crippen LogP contribution in [0.4, 0.5) is 4.39 Å². The van der Waals surface area contributed by atoms with Crippen LogP contribution in [0.3, 0.4) is 0 Å². The lowest BCUT2D eigenvalue weighted by atomic mass is 9.95. The summed E-state index contributed by atoms with van der Waals surface area (Å²) >= 11 is 0. The molecule has 0 spiro atoms. The molecule has 4 heteroatoms. The number of aromatic nitrogens is 2. The molecule has 0 saturated carbocycles. The standard InChI is InChI=1S/C17H22FN3/c1-11-5-6-14(12(18)9-11)21-15-7-8-19-10-13(15)20-16(21)17(2,3)4/h5-6,9,19H,7-8,10H2,1-4H3. The van der Waals surface area contributed by atoms with Crippen LogP contribution in [-0.4, -0.2) is 16.1 Å². The first-order chi connectivity index (χ1) is 9.88. The van der Waals surface area contributed by atoms with E-state index in [2.05, 4.69) is 26.1 Å². The van der Waals surface area contributed by atoms with Gasteiger partial charge in [-0.15, -0.1) is 0 Å². The number of aryl methyl sites for hydroxylation is 1. The molecule has 2 heterocycles. The number of benzene rings is 1. The summed E-state index contributed by atoms with van der Waals surface area (Å²) in [7, 11) is 0. The normalized spacial score (nSPS) is 15.1. The minimum absolute atomic E-state index is 0.130. The molecule has 1 aromatic heterocycles. The summed E-state index contributed by atoms with van der Waals surface area (Å²) in [4.78, 5) is 4.80. The highest BCUT2D eigenvalue weighted by Gasteiger charge is 2.28. The van der Waals surface area contributed by atoms with Gasteiger partial charge < -0.3 is 5.32 Å². The van der Waals surface area contributed by atoms with Gasteiger partial charge in [-0.3, -0.25) is 4.57 Å². The minimum atomic E-state index is -0.181. The number of hydrogen-bond acceptors (Lipinski definition) is 2. The van der Waals surface area contributed by atoms with Crippen LogP contribution < -0.4 is 5.32 Å². The van der Waals surface area contributed by atoms with Gasteiger partial charge in [-0.25, -0.2) is 9.37 Å². The molecule has 2 aromatic rings. The van der Waals surface area contributed by atoms with E-state index in [1.807, 2.05) is 23.6 Å². The molecule has 112 valence electrons. The molecule has 0 amide bonds. The van der Waals surface area contributed by atoms with Crippen molar-refractivity contribution in [2.45, 2.75) is 46.1 Å². The van der Waals surface area contributed by atoms with E-state index in [4.69, 9.17) is 4.98 Å². The Morgan fingerprint density at radius 1 is 1.29 bits per heavy atom. The first kappa shape index (κ1) is 14.3. The molecular formula is C17H22FN3. The summed E-state index contributed by atoms with van der Waals surface area (Å²) < 4.78 is 16.5. The van der Waals surface area contributed by atoms with Crippen LogP contribution in [0.1, 0.15) is 43.5 Å². The van der Waals surface area contributed by atoms with Crippen LogP contribution >= 0.6 is 0 Å². The van der Waals surface area contributed by atoms with E-state index in [-0.39, 0.29) is 11.2 Å². The zero-order chi connectivity index (χ0) is 15.2. The maximum absolute atomic E-state index is 14.5. The molecule has 0 radical (unpaired) electrons. The zero-order valence-electron chi connectivity index (χ0n) is 13.1. The van der Waals surface area contributed by atoms with Gasteiger partial charge in [-0.1, -0.05) is 26.8 Å². The van der Waals surface area contributed by atoms with Gasteiger partial charge in [0.2, 0.25) is 0 Å². The number of hydrogen-bond donors (Lipinski definition) is 1. The SMILES string of the molecule is Cc1ccc(-n2c(C(C)(C)C)nc3c2CCNC3)c(F)c1. The zero-order valence-corrected chi connectivity index (χ0v) is 13.1. The Bertz CT molecular complexity index is 680. The molecule has 1 aliphatic rings. The van der Waals surface area contributed by atoms with E-state index < -0.39 is 0 Å². The molecule has 3 nitrogen and oxygen atoms in total. The molecule has 0 fully saturated rings. The van der Waals surface area contributed by atoms with Crippen molar-refractivity contribution in [3.63, 3.8) is 0 Å². The fraction of sp³-hybridized carbons (Fsp3) is 0.471. The lowest BCUT2D eigenvalue weighted by Gasteiger charge is -2.22. The Morgan fingerprint density at radius 3 is 2.71 bits per heavy atom. The average molecular weight is 287 g/mol. The quantitative estimate of drug-likeness (QED) is 0.872. The third-order valence-corrected chi connectivity index (χ3v) is 3.90. The van der Waals surface area contributed by atoms with Gasteiger partial charge >= 0.3 is 0 Å². The van der Waals surface area contributed by atoms with Crippen LogP contribution in [0.25, 0.3) is 5.69 Å². The first-order valence-electron chi connectivity index (χ1n) is 7.46. The molecule has 0 atom stereocenters. The van der Waals surface area contributed by atoms with Crippen LogP contribution in [0, 0.1) is 12.7 Å². The predicted molar refractivity (Wildman–Crippen MR) is 82.4 cm³/mol. The molecule has 1 aromatic carbocycles. The number of fused-ring (bicyclic) bond motifs is 1. The predicted octanol–water partition coefficient (Wildman–Crippen LogP) is 3.26. The summed E-state index contributed by atoms with van der Waals surface area (Å²) in [6, 6.07) is 5.41. The van der Waals surface area contributed by atoms with E-state index in [0.29, 0.717) is 5.69 Å². The second-order valence-electron chi connectivity index (χ2n) is 6.80. The summed E-state index contributed by atoms with van der Waals surface area (Å²) in [5.74, 6) is 0.748. The van der Waals surface area contributed by atoms with Crippen molar-refractivity contribution in [2.75, 3.05) is 6.54 Å². The first-order valence-corrected chi connectivity index (χ1v) is 7.46. The number of nitrogens with one attached hydrogen (secondary N) is 1. The maximum atomic E-state index is 14.5. The van der Waals surface area contributed by atoms with Crippen LogP contribution in [0.15, 0.2) is 18.2 Å². The number of nitrogens with zero attached hydrogens (tertiary/aromatic N) is 2. The number of halogens is 1. The molecule has 0 saturated heterocycles. The fourth-order valence-corrected chi connectivity index (χ4v) is 2.87. The van der Waals surface area contributed by atoms with Crippen molar-refractivity contribution >= 4 is 0 Å². The number of rotatable bonds is 1. The molecule has 0 aliphatic carbocycles. The van der Waals surface area contributed by atoms with E-state index in [1.54, 1.807) is 6.07 Å². The highest BCUT2D eigenvalue weighted by molar-refractivity contribution is 5.42. The van der Waals surface area contributed by atoms with Crippen molar-refractivity contribution in [3.8, 4) is 5.69 Å². The minimum Gasteiger partial charge on any atom is -0.311 e. The summed E-state index contributed by atoms with van der Waals surface area (Å²) in [6.45, 7) is 9.95. The van der Waals surface area contributed by atoms with Gasteiger partial charge in [-0.2, -0.15) is 0 Å². The Hall–Kier alpha value is -1.68. The van der Waals surface area contributed by atoms with E-state index in [0.717, 1.165) is 42.3 Å². The molecule has 1 aliphatic heterocycles. The van der Waals surface area contributed by atoms with Crippen LogP contribution in [0.5, 0.6) is 0 Å². The average Bonchev–Trinajstić information content (AvgIpc) is 2.78. The Kier molecular flexibility index (Phi) is 3.36. The topological polar surface area (TPSA) is 29.9 Å². The van der Waals surface area contributed by atoms with Crippen molar-refractivity contribution < 1.29 is 4.39 Å². The molecule has 1 N–H and O–H groups in total. The van der Waals surface area contributed by atoms with Crippen molar-refractivity contribution in [2.24, 2.45) is 0 Å². The smallest absolute Gasteiger partial charge is 0.147 e. The Balaban J connectivity index is 2.27. The van der Waals surface area contributed by atoms with Gasteiger partial charge in [0.1, 0.15) is 11.6 Å². The maximum Gasteiger partial charge on any atom is 0.147 e. The highest BCUT2D eigenvalue weighted by Crippen LogP contribution is 2.30. The van der Waals surface area contributed by atoms with E-state index >= 15 is 0 Å². The summed E-state index contributed by atoms with van der Waals surface area (Å²) in [6.07, 6.45) is 0.881. The monoisotopic (exact) mass is 287 g/mol. The molecule has 21 heavy (non-hydrogen) atoms. The van der Waals surface area contributed by atoms with E-state index in [1.165, 1.54) is 0 Å². The molecule has 0 unspecified atom stereocenters. The lowest BCUT2D eigenvalue weighted by molar-refractivity contribution is 0.525. The Labute approximate surface area is 125 Å². The van der Waals surface area contributed by atoms with Gasteiger partial charge in [0, 0.05) is 30.6 Å². The van der Waals surface area contributed by atoms with Gasteiger partial charge in [0.05, 0.1) is 11.4 Å². The Morgan fingerprint density at radius 2 is 2.05 bits per heavy atom. The fourth-order valence-electron chi connectivity index (χ4n) is 2.87. The van der Waals surface area contributed by atoms with Gasteiger partial charge in [-0.05, 0) is 24.6 Å². The van der Waals surface area contributed by atoms with Crippen LogP contribution in [-0.2, 0) is 18.4 Å². The molecule has 0 bridgehead atoms. The van der Waals surface area contributed by atoms with Gasteiger partial charge in [0.25, 0.3) is 0 Å². The molecular weight excluding hydrogens is 265 g/mol. The second kappa shape index (κ2) is 4.95. The van der Waals surface area contributed by atoms with E-state index in [9.17, 15) is 4.39 Å². The lowest BCUT2D eigenvalue weighted by Crippen LogP contribution is -2.25. The molecule has 3 rings (SSSR count). The summed E-state index contributed by atoms with van der Waals surface area (Å²) in [5.41, 5.74) is 3.60. The third kappa shape index (κ3) is 2.48. The number of imidazole rings is 1. The van der Waals surface area contributed by atoms with Crippen LogP contribution in [0.2, 0.25) is 0 Å². The van der Waals surface area contributed by atoms with Crippen molar-refractivity contribution in [3.05, 3.63) is 46.8 Å². The third-order valence-electron chi connectivity index (χ3n) is 3.90. The van der Waals surface area contributed by atoms with Gasteiger partial charge in [0.15, 0.2) is 0 Å². The van der Waals surface area contributed by atoms with Crippen molar-refractivity contribution in [1.29, 1.82) is 0 Å². The highest BCUT2D eigenvalue weighted by atomic mass is 19.1. The summed E-state index contributed by atoms with van der Waals surface area (Å²) in [5, 5.41) is 3.34. The largest absolute Gasteiger partial charge is 0.311 e. The second-order valence-corrected chi connectivity index (χ2v) is 6.80.